The van der Waals surface area contributed by atoms with Gasteiger partial charge in [-0.15, -0.1) is 0 Å². The van der Waals surface area contributed by atoms with Crippen LogP contribution in [0, 0.1) is 34.5 Å². The zero-order valence-electron chi connectivity index (χ0n) is 14.7. The van der Waals surface area contributed by atoms with Crippen molar-refractivity contribution in [1.29, 1.82) is 5.26 Å². The van der Waals surface area contributed by atoms with Crippen LogP contribution in [-0.4, -0.2) is 24.0 Å². The summed E-state index contributed by atoms with van der Waals surface area (Å²) in [5, 5.41) is 9.56. The first-order valence-corrected chi connectivity index (χ1v) is 8.94. The van der Waals surface area contributed by atoms with Crippen LogP contribution in [0.15, 0.2) is 0 Å². The second kappa shape index (κ2) is 6.69. The Morgan fingerprint density at radius 3 is 2.14 bits per heavy atom. The van der Waals surface area contributed by atoms with E-state index in [0.29, 0.717) is 17.5 Å². The molecule has 0 heterocycles. The minimum Gasteiger partial charge on any atom is -0.299 e. The van der Waals surface area contributed by atoms with E-state index in [0.717, 1.165) is 18.3 Å². The van der Waals surface area contributed by atoms with Gasteiger partial charge in [-0.05, 0) is 69.2 Å². The Labute approximate surface area is 131 Å². The molecular weight excluding hydrogens is 256 g/mol. The monoisotopic (exact) mass is 290 g/mol. The molecule has 0 bridgehead atoms. The zero-order valence-corrected chi connectivity index (χ0v) is 14.7. The molecule has 2 aliphatic carbocycles. The third-order valence-corrected chi connectivity index (χ3v) is 6.29. The molecule has 2 aliphatic rings. The molecule has 120 valence electrons. The molecule has 2 fully saturated rings. The fraction of sp³-hybridized carbons (Fsp3) is 0.947. The van der Waals surface area contributed by atoms with Crippen LogP contribution in [0.1, 0.15) is 72.6 Å². The Balaban J connectivity index is 2.04. The molecule has 0 aliphatic heterocycles. The highest BCUT2D eigenvalue weighted by atomic mass is 15.2. The molecule has 3 atom stereocenters. The first-order chi connectivity index (χ1) is 9.82. The topological polar surface area (TPSA) is 27.0 Å². The second-order valence-corrected chi connectivity index (χ2v) is 8.76. The summed E-state index contributed by atoms with van der Waals surface area (Å²) in [5.74, 6) is 1.90. The van der Waals surface area contributed by atoms with Crippen LogP contribution in [0.4, 0.5) is 0 Å². The maximum absolute atomic E-state index is 9.56. The summed E-state index contributed by atoms with van der Waals surface area (Å²) in [6, 6.07) is 3.80. The maximum Gasteiger partial charge on any atom is 0.0672 e. The molecule has 0 spiro atoms. The molecule has 2 rings (SSSR count). The van der Waals surface area contributed by atoms with Crippen LogP contribution in [-0.2, 0) is 0 Å². The molecule has 0 aromatic carbocycles. The van der Waals surface area contributed by atoms with E-state index >= 15 is 0 Å². The van der Waals surface area contributed by atoms with Gasteiger partial charge in [-0.1, -0.05) is 27.7 Å². The van der Waals surface area contributed by atoms with Gasteiger partial charge in [-0.2, -0.15) is 5.26 Å². The average Bonchev–Trinajstić information content (AvgIpc) is 2.45. The van der Waals surface area contributed by atoms with Gasteiger partial charge in [0.2, 0.25) is 0 Å². The summed E-state index contributed by atoms with van der Waals surface area (Å²) in [5.41, 5.74) is 0.376. The highest BCUT2D eigenvalue weighted by Gasteiger charge is 2.39. The summed E-state index contributed by atoms with van der Waals surface area (Å²) in [7, 11) is 2.29. The Kier molecular flexibility index (Phi) is 5.36. The molecule has 0 aromatic rings. The van der Waals surface area contributed by atoms with Crippen LogP contribution < -0.4 is 0 Å². The summed E-state index contributed by atoms with van der Waals surface area (Å²) >= 11 is 0. The zero-order chi connectivity index (χ0) is 15.6. The van der Waals surface area contributed by atoms with Crippen LogP contribution in [0.25, 0.3) is 0 Å². The SMILES string of the molecule is CC1CCC(N(C)C2CC(C(C)(C)C)CCC2C#N)CC1. The van der Waals surface area contributed by atoms with Crippen molar-refractivity contribution in [3.8, 4) is 6.07 Å². The van der Waals surface area contributed by atoms with Gasteiger partial charge >= 0.3 is 0 Å². The summed E-state index contributed by atoms with van der Waals surface area (Å²) in [6.07, 6.45) is 8.91. The Morgan fingerprint density at radius 1 is 1.00 bits per heavy atom. The smallest absolute Gasteiger partial charge is 0.0672 e. The molecule has 0 saturated heterocycles. The van der Waals surface area contributed by atoms with Gasteiger partial charge in [0.1, 0.15) is 0 Å². The van der Waals surface area contributed by atoms with E-state index < -0.39 is 0 Å². The molecule has 3 unspecified atom stereocenters. The molecule has 21 heavy (non-hydrogen) atoms. The van der Waals surface area contributed by atoms with E-state index in [2.05, 4.69) is 45.7 Å². The normalized spacial score (nSPS) is 38.2. The van der Waals surface area contributed by atoms with E-state index in [-0.39, 0.29) is 5.92 Å². The third-order valence-electron chi connectivity index (χ3n) is 6.29. The lowest BCUT2D eigenvalue weighted by Gasteiger charge is -2.46. The van der Waals surface area contributed by atoms with Crippen molar-refractivity contribution >= 4 is 0 Å². The average molecular weight is 290 g/mol. The second-order valence-electron chi connectivity index (χ2n) is 8.76. The Hall–Kier alpha value is -0.550. The fourth-order valence-corrected chi connectivity index (χ4v) is 4.45. The highest BCUT2D eigenvalue weighted by molar-refractivity contribution is 5.00. The summed E-state index contributed by atoms with van der Waals surface area (Å²) in [6.45, 7) is 9.47. The van der Waals surface area contributed by atoms with Crippen molar-refractivity contribution in [1.82, 2.24) is 4.90 Å². The molecule has 2 saturated carbocycles. The fourth-order valence-electron chi connectivity index (χ4n) is 4.45. The molecule has 0 radical (unpaired) electrons. The van der Waals surface area contributed by atoms with Gasteiger partial charge in [-0.25, -0.2) is 0 Å². The minimum atomic E-state index is 0.243. The van der Waals surface area contributed by atoms with Gasteiger partial charge in [-0.3, -0.25) is 4.90 Å². The van der Waals surface area contributed by atoms with Gasteiger partial charge in [0, 0.05) is 12.1 Å². The maximum atomic E-state index is 9.56. The van der Waals surface area contributed by atoms with Gasteiger partial charge < -0.3 is 0 Å². The molecule has 0 N–H and O–H groups in total. The van der Waals surface area contributed by atoms with Crippen LogP contribution in [0.5, 0.6) is 0 Å². The molecule has 0 aromatic heterocycles. The minimum absolute atomic E-state index is 0.243. The van der Waals surface area contributed by atoms with Crippen molar-refractivity contribution in [3.63, 3.8) is 0 Å². The first kappa shape index (κ1) is 16.8. The summed E-state index contributed by atoms with van der Waals surface area (Å²) in [4.78, 5) is 2.59. The van der Waals surface area contributed by atoms with Crippen LogP contribution in [0.3, 0.4) is 0 Å². The quantitative estimate of drug-likeness (QED) is 0.727. The van der Waals surface area contributed by atoms with E-state index in [1.54, 1.807) is 0 Å². The number of nitriles is 1. The number of hydrogen-bond donors (Lipinski definition) is 0. The van der Waals surface area contributed by atoms with Gasteiger partial charge in [0.05, 0.1) is 12.0 Å². The van der Waals surface area contributed by atoms with Gasteiger partial charge in [0.25, 0.3) is 0 Å². The van der Waals surface area contributed by atoms with E-state index in [1.807, 2.05) is 0 Å². The molecule has 2 nitrogen and oxygen atoms in total. The lowest BCUT2D eigenvalue weighted by Crippen LogP contribution is -2.49. The number of rotatable bonds is 2. The first-order valence-electron chi connectivity index (χ1n) is 8.94. The van der Waals surface area contributed by atoms with Crippen LogP contribution >= 0.6 is 0 Å². The predicted octanol–water partition coefficient (Wildman–Crippen LogP) is 4.85. The van der Waals surface area contributed by atoms with Gasteiger partial charge in [0.15, 0.2) is 0 Å². The van der Waals surface area contributed by atoms with Crippen molar-refractivity contribution in [2.24, 2.45) is 23.2 Å². The third kappa shape index (κ3) is 4.01. The van der Waals surface area contributed by atoms with Crippen molar-refractivity contribution < 1.29 is 0 Å². The van der Waals surface area contributed by atoms with E-state index in [9.17, 15) is 5.26 Å². The summed E-state index contributed by atoms with van der Waals surface area (Å²) < 4.78 is 0. The van der Waals surface area contributed by atoms with Crippen molar-refractivity contribution in [3.05, 3.63) is 0 Å². The molecular formula is C19H34N2. The van der Waals surface area contributed by atoms with Crippen LogP contribution in [0.2, 0.25) is 0 Å². The lowest BCUT2D eigenvalue weighted by molar-refractivity contribution is 0.0366. The number of nitrogens with zero attached hydrogens (tertiary/aromatic N) is 2. The largest absolute Gasteiger partial charge is 0.299 e. The standard InChI is InChI=1S/C19H34N2/c1-14-6-10-17(11-7-14)21(5)18-12-16(19(2,3)4)9-8-15(18)13-20/h14-18H,6-12H2,1-5H3. The molecule has 0 amide bonds. The predicted molar refractivity (Wildman–Crippen MR) is 88.9 cm³/mol. The van der Waals surface area contributed by atoms with Crippen molar-refractivity contribution in [2.45, 2.75) is 84.7 Å². The van der Waals surface area contributed by atoms with Crippen molar-refractivity contribution in [2.75, 3.05) is 7.05 Å². The Morgan fingerprint density at radius 2 is 1.62 bits per heavy atom. The lowest BCUT2D eigenvalue weighted by atomic mass is 9.67. The van der Waals surface area contributed by atoms with E-state index in [1.165, 1.54) is 38.5 Å². The number of hydrogen-bond acceptors (Lipinski definition) is 2. The Bertz CT molecular complexity index is 368. The highest BCUT2D eigenvalue weighted by Crippen LogP contribution is 2.42. The van der Waals surface area contributed by atoms with E-state index in [4.69, 9.17) is 0 Å². The molecule has 2 heteroatoms.